The normalized spacial score (nSPS) is 15.6. The first-order valence-corrected chi connectivity index (χ1v) is 8.37. The lowest BCUT2D eigenvalue weighted by atomic mass is 10.2. The van der Waals surface area contributed by atoms with Crippen LogP contribution in [0.25, 0.3) is 0 Å². The van der Waals surface area contributed by atoms with E-state index in [4.69, 9.17) is 23.2 Å². The topological polar surface area (TPSA) is 44.8 Å². The van der Waals surface area contributed by atoms with Crippen molar-refractivity contribution >= 4 is 7.82 Å². The second kappa shape index (κ2) is 7.24. The molecule has 0 spiro atoms. The minimum absolute atomic E-state index is 0.0964. The van der Waals surface area contributed by atoms with E-state index < -0.39 is 50.2 Å². The van der Waals surface area contributed by atoms with Gasteiger partial charge in [-0.05, 0) is 48.8 Å². The summed E-state index contributed by atoms with van der Waals surface area (Å²) in [4.78, 5) is 0. The van der Waals surface area contributed by atoms with Crippen molar-refractivity contribution in [3.05, 3.63) is 90.4 Å². The summed E-state index contributed by atoms with van der Waals surface area (Å²) in [5.41, 5.74) is -0.797. The van der Waals surface area contributed by atoms with Gasteiger partial charge in [-0.2, -0.15) is 4.57 Å². The van der Waals surface area contributed by atoms with E-state index in [1.807, 2.05) is 0 Å². The number of benzene rings is 3. The minimum atomic E-state index is -4.61. The van der Waals surface area contributed by atoms with Gasteiger partial charge in [0, 0.05) is 4.11 Å². The van der Waals surface area contributed by atoms with Gasteiger partial charge >= 0.3 is 7.82 Å². The van der Waals surface area contributed by atoms with Gasteiger partial charge in [-0.25, -0.2) is 0 Å². The van der Waals surface area contributed by atoms with Crippen LogP contribution in [0.15, 0.2) is 84.8 Å². The predicted octanol–water partition coefficient (Wildman–Crippen LogP) is 5.64. The van der Waals surface area contributed by atoms with Gasteiger partial charge < -0.3 is 13.6 Å². The van der Waals surface area contributed by atoms with Crippen molar-refractivity contribution in [3.8, 4) is 17.2 Å². The average Bonchev–Trinajstić information content (AvgIpc) is 2.70. The second-order valence-electron chi connectivity index (χ2n) is 4.55. The van der Waals surface area contributed by atoms with Crippen LogP contribution < -0.4 is 13.6 Å². The Labute approximate surface area is 151 Å². The molecule has 0 atom stereocenters. The van der Waals surface area contributed by atoms with Crippen molar-refractivity contribution in [2.75, 3.05) is 0 Å². The molecule has 0 saturated carbocycles. The van der Waals surface area contributed by atoms with Gasteiger partial charge in [0.25, 0.3) is 0 Å². The standard InChI is InChI=1S/C19H17O4P/c1-16-9-8-14-19(15-16)23-24(20,21-17-10-4-2-5-11-17)22-18-12-6-3-7-13-18/h2-15H,1H3/i1D3,8D,9D,14D,15D. The molecule has 0 aliphatic carbocycles. The smallest absolute Gasteiger partial charge is 0.386 e. The zero-order chi connectivity index (χ0) is 22.8. The summed E-state index contributed by atoms with van der Waals surface area (Å²) in [7, 11) is -4.61. The second-order valence-corrected chi connectivity index (χ2v) is 5.99. The summed E-state index contributed by atoms with van der Waals surface area (Å²) >= 11 is 0. The van der Waals surface area contributed by atoms with Gasteiger partial charge in [0.05, 0.1) is 5.48 Å². The van der Waals surface area contributed by atoms with Gasteiger partial charge in [0.15, 0.2) is 0 Å². The Balaban J connectivity index is 2.11. The highest BCUT2D eigenvalue weighted by Gasteiger charge is 2.33. The molecule has 0 radical (unpaired) electrons. The molecule has 3 rings (SSSR count). The zero-order valence-corrected chi connectivity index (χ0v) is 13.2. The predicted molar refractivity (Wildman–Crippen MR) is 93.6 cm³/mol. The summed E-state index contributed by atoms with van der Waals surface area (Å²) in [6.07, 6.45) is 0. The number of rotatable bonds is 6. The molecule has 0 fully saturated rings. The molecule has 0 amide bonds. The molecule has 0 heterocycles. The van der Waals surface area contributed by atoms with Gasteiger partial charge in [-0.3, -0.25) is 0 Å². The van der Waals surface area contributed by atoms with E-state index in [1.165, 1.54) is 24.3 Å². The third kappa shape index (κ3) is 4.40. The van der Waals surface area contributed by atoms with E-state index in [0.29, 0.717) is 0 Å². The van der Waals surface area contributed by atoms with E-state index >= 15 is 0 Å². The molecular formula is C19H17O4P. The lowest BCUT2D eigenvalue weighted by molar-refractivity contribution is 0.298. The van der Waals surface area contributed by atoms with Crippen molar-refractivity contribution in [2.45, 2.75) is 6.85 Å². The van der Waals surface area contributed by atoms with E-state index in [0.717, 1.165) is 0 Å². The monoisotopic (exact) mass is 347 g/mol. The molecule has 0 aliphatic heterocycles. The van der Waals surface area contributed by atoms with Crippen LogP contribution in [0.4, 0.5) is 0 Å². The van der Waals surface area contributed by atoms with E-state index in [1.54, 1.807) is 36.4 Å². The molecule has 24 heavy (non-hydrogen) atoms. The van der Waals surface area contributed by atoms with Crippen LogP contribution in [0.1, 0.15) is 15.2 Å². The molecule has 3 aromatic carbocycles. The van der Waals surface area contributed by atoms with Crippen molar-refractivity contribution in [3.63, 3.8) is 0 Å². The van der Waals surface area contributed by atoms with Crippen LogP contribution in [0.3, 0.4) is 0 Å². The van der Waals surface area contributed by atoms with Crippen LogP contribution in [-0.4, -0.2) is 0 Å². The summed E-state index contributed by atoms with van der Waals surface area (Å²) in [5, 5.41) is 0. The molecule has 4 nitrogen and oxygen atoms in total. The Morgan fingerprint density at radius 3 is 1.92 bits per heavy atom. The molecule has 0 aliphatic rings. The first kappa shape index (κ1) is 9.55. The molecule has 0 saturated heterocycles. The van der Waals surface area contributed by atoms with Crippen molar-refractivity contribution in [2.24, 2.45) is 0 Å². The molecule has 0 bridgehead atoms. The highest BCUT2D eigenvalue weighted by Crippen LogP contribution is 2.49. The number of hydrogen-bond donors (Lipinski definition) is 0. The van der Waals surface area contributed by atoms with E-state index in [2.05, 4.69) is 0 Å². The number of phosphoric acid groups is 1. The quantitative estimate of drug-likeness (QED) is 0.541. The fraction of sp³-hybridized carbons (Fsp3) is 0.0526. The lowest BCUT2D eigenvalue weighted by Crippen LogP contribution is -2.07. The first-order chi connectivity index (χ1) is 14.5. The fourth-order valence-electron chi connectivity index (χ4n) is 1.76. The maximum atomic E-state index is 13.5. The summed E-state index contributed by atoms with van der Waals surface area (Å²) in [6.45, 7) is -2.93. The maximum absolute atomic E-state index is 13.5. The van der Waals surface area contributed by atoms with Crippen molar-refractivity contribution in [1.82, 2.24) is 0 Å². The Hall–Kier alpha value is -2.71. The Kier molecular flexibility index (Phi) is 2.88. The van der Waals surface area contributed by atoms with E-state index in [-0.39, 0.29) is 11.5 Å². The highest BCUT2D eigenvalue weighted by molar-refractivity contribution is 7.49. The maximum Gasteiger partial charge on any atom is 0.647 e. The largest absolute Gasteiger partial charge is 0.647 e. The molecule has 0 unspecified atom stereocenters. The third-order valence-electron chi connectivity index (χ3n) is 2.73. The molecule has 122 valence electrons. The molecule has 0 N–H and O–H groups in total. The third-order valence-corrected chi connectivity index (χ3v) is 4.00. The Morgan fingerprint density at radius 1 is 0.833 bits per heavy atom. The molecular weight excluding hydrogens is 323 g/mol. The van der Waals surface area contributed by atoms with Gasteiger partial charge in [0.1, 0.15) is 17.2 Å². The van der Waals surface area contributed by atoms with Crippen LogP contribution >= 0.6 is 7.82 Å². The molecule has 3 aromatic rings. The van der Waals surface area contributed by atoms with Crippen molar-refractivity contribution < 1.29 is 27.7 Å². The molecule has 0 aromatic heterocycles. The Bertz CT molecular complexity index is 1080. The fourth-order valence-corrected chi connectivity index (χ4v) is 2.95. The Morgan fingerprint density at radius 2 is 1.38 bits per heavy atom. The first-order valence-electron chi connectivity index (χ1n) is 10.4. The van der Waals surface area contributed by atoms with Gasteiger partial charge in [-0.1, -0.05) is 48.5 Å². The zero-order valence-electron chi connectivity index (χ0n) is 19.4. The van der Waals surface area contributed by atoms with Crippen LogP contribution in [0, 0.1) is 6.85 Å². The summed E-state index contributed by atoms with van der Waals surface area (Å²) < 4.78 is 84.3. The average molecular weight is 347 g/mol. The van der Waals surface area contributed by atoms with Crippen LogP contribution in [0.2, 0.25) is 0 Å². The number of phosphoric ester groups is 1. The van der Waals surface area contributed by atoms with Crippen LogP contribution in [-0.2, 0) is 4.57 Å². The molecule has 5 heteroatoms. The summed E-state index contributed by atoms with van der Waals surface area (Å²) in [6, 6.07) is 12.5. The number of hydrogen-bond acceptors (Lipinski definition) is 4. The van der Waals surface area contributed by atoms with Crippen molar-refractivity contribution in [1.29, 1.82) is 0 Å². The minimum Gasteiger partial charge on any atom is -0.386 e. The lowest BCUT2D eigenvalue weighted by Gasteiger charge is -2.19. The SMILES string of the molecule is [2H]c1c([2H])c(OP(=O)(Oc2ccccc2)Oc2ccccc2)c([2H])c(C([2H])([2H])[2H])c1[2H]. The summed E-state index contributed by atoms with van der Waals surface area (Å²) in [5.74, 6) is -0.597. The number of para-hydroxylation sites is 2. The van der Waals surface area contributed by atoms with Crippen LogP contribution in [0.5, 0.6) is 17.2 Å². The van der Waals surface area contributed by atoms with E-state index in [9.17, 15) is 4.57 Å². The van der Waals surface area contributed by atoms with Gasteiger partial charge in [-0.15, -0.1) is 0 Å². The highest BCUT2D eigenvalue weighted by atomic mass is 31.2. The van der Waals surface area contributed by atoms with Gasteiger partial charge in [0.2, 0.25) is 0 Å².